The van der Waals surface area contributed by atoms with Crippen LogP contribution in [-0.4, -0.2) is 44.6 Å². The number of nitrogens with one attached hydrogen (secondary N) is 1. The molecule has 0 spiro atoms. The van der Waals surface area contributed by atoms with Gasteiger partial charge in [-0.3, -0.25) is 0 Å². The van der Waals surface area contributed by atoms with Gasteiger partial charge in [0.2, 0.25) is 0 Å². The number of nitrogens with zero attached hydrogens (tertiary/aromatic N) is 1. The third-order valence-electron chi connectivity index (χ3n) is 2.73. The Bertz CT molecular complexity index is 358. The van der Waals surface area contributed by atoms with Gasteiger partial charge < -0.3 is 5.73 Å². The Morgan fingerprint density at radius 1 is 1.47 bits per heavy atom. The average Bonchev–Trinajstić information content (AvgIpc) is 2.18. The van der Waals surface area contributed by atoms with E-state index in [2.05, 4.69) is 0 Å². The molecule has 2 unspecified atom stereocenters. The lowest BCUT2D eigenvalue weighted by molar-refractivity contribution is -0.121. The van der Waals surface area contributed by atoms with E-state index in [4.69, 9.17) is 5.73 Å². The Hall–Kier alpha value is -0.380. The summed E-state index contributed by atoms with van der Waals surface area (Å²) in [5.41, 5.74) is 5.71. The van der Waals surface area contributed by atoms with E-state index < -0.39 is 22.9 Å². The molecule has 9 heteroatoms. The predicted octanol–water partition coefficient (Wildman–Crippen LogP) is 0.0522. The van der Waals surface area contributed by atoms with Crippen LogP contribution in [0, 0.1) is 5.92 Å². The first-order valence-electron chi connectivity index (χ1n) is 5.19. The normalized spacial score (nSPS) is 28.3. The maximum atomic E-state index is 11.9. The van der Waals surface area contributed by atoms with Crippen molar-refractivity contribution < 1.29 is 21.6 Å². The fourth-order valence-electron chi connectivity index (χ4n) is 1.61. The first-order valence-corrected chi connectivity index (χ1v) is 6.63. The van der Waals surface area contributed by atoms with E-state index in [0.717, 1.165) is 4.31 Å². The number of rotatable bonds is 3. The van der Waals surface area contributed by atoms with E-state index in [1.54, 1.807) is 6.92 Å². The summed E-state index contributed by atoms with van der Waals surface area (Å²) in [6.07, 6.45) is -4.10. The Morgan fingerprint density at radius 3 is 2.53 bits per heavy atom. The molecule has 0 aliphatic carbocycles. The van der Waals surface area contributed by atoms with Crippen LogP contribution in [-0.2, 0) is 10.2 Å². The Labute approximate surface area is 98.3 Å². The number of halogens is 3. The molecule has 0 bridgehead atoms. The first kappa shape index (κ1) is 14.7. The molecule has 0 amide bonds. The predicted molar refractivity (Wildman–Crippen MR) is 56.3 cm³/mol. The highest BCUT2D eigenvalue weighted by Crippen LogP contribution is 2.18. The SMILES string of the molecule is CC1CN(S(=O)(=O)NCC(F)(F)F)CCC1N. The van der Waals surface area contributed by atoms with Gasteiger partial charge in [-0.05, 0) is 12.3 Å². The summed E-state index contributed by atoms with van der Waals surface area (Å²) in [4.78, 5) is 0. The molecule has 0 saturated carbocycles. The van der Waals surface area contributed by atoms with Gasteiger partial charge in [0.1, 0.15) is 6.54 Å². The molecular formula is C8H16F3N3O2S. The van der Waals surface area contributed by atoms with Crippen LogP contribution in [0.5, 0.6) is 0 Å². The zero-order valence-electron chi connectivity index (χ0n) is 9.37. The molecule has 0 aromatic carbocycles. The highest BCUT2D eigenvalue weighted by molar-refractivity contribution is 7.87. The van der Waals surface area contributed by atoms with Crippen molar-refractivity contribution in [2.75, 3.05) is 19.6 Å². The van der Waals surface area contributed by atoms with Gasteiger partial charge in [-0.2, -0.15) is 30.6 Å². The van der Waals surface area contributed by atoms with Gasteiger partial charge in [0.25, 0.3) is 10.2 Å². The monoisotopic (exact) mass is 275 g/mol. The molecule has 1 aliphatic rings. The average molecular weight is 275 g/mol. The van der Waals surface area contributed by atoms with Gasteiger partial charge in [0.05, 0.1) is 0 Å². The maximum absolute atomic E-state index is 11.9. The van der Waals surface area contributed by atoms with Crippen LogP contribution in [0.15, 0.2) is 0 Å². The second-order valence-electron chi connectivity index (χ2n) is 4.23. The molecule has 0 aromatic rings. The Balaban J connectivity index is 2.59. The molecule has 1 rings (SSSR count). The highest BCUT2D eigenvalue weighted by Gasteiger charge is 2.34. The molecule has 2 atom stereocenters. The molecule has 1 heterocycles. The fraction of sp³-hybridized carbons (Fsp3) is 1.00. The smallest absolute Gasteiger partial charge is 0.327 e. The minimum absolute atomic E-state index is 0.0637. The van der Waals surface area contributed by atoms with E-state index >= 15 is 0 Å². The van der Waals surface area contributed by atoms with E-state index in [0.29, 0.717) is 6.42 Å². The second kappa shape index (κ2) is 5.09. The molecule has 0 radical (unpaired) electrons. The highest BCUT2D eigenvalue weighted by atomic mass is 32.2. The number of hydrogen-bond acceptors (Lipinski definition) is 3. The standard InChI is InChI=1S/C8H16F3N3O2S/c1-6-4-14(3-2-7(6)12)17(15,16)13-5-8(9,10)11/h6-7,13H,2-5,12H2,1H3. The number of piperidine rings is 1. The van der Waals surface area contributed by atoms with Gasteiger partial charge >= 0.3 is 6.18 Å². The Morgan fingerprint density at radius 2 is 2.06 bits per heavy atom. The molecule has 0 aromatic heterocycles. The van der Waals surface area contributed by atoms with Gasteiger partial charge in [0, 0.05) is 19.1 Å². The van der Waals surface area contributed by atoms with Gasteiger partial charge in [-0.1, -0.05) is 6.92 Å². The lowest BCUT2D eigenvalue weighted by Gasteiger charge is -2.34. The summed E-state index contributed by atoms with van der Waals surface area (Å²) in [5.74, 6) is -0.0637. The molecule has 3 N–H and O–H groups in total. The van der Waals surface area contributed by atoms with Crippen LogP contribution >= 0.6 is 0 Å². The van der Waals surface area contributed by atoms with Crippen LogP contribution in [0.4, 0.5) is 13.2 Å². The van der Waals surface area contributed by atoms with Gasteiger partial charge in [0.15, 0.2) is 0 Å². The van der Waals surface area contributed by atoms with Crippen molar-refractivity contribution in [1.29, 1.82) is 0 Å². The first-order chi connectivity index (χ1) is 7.62. The van der Waals surface area contributed by atoms with Crippen molar-refractivity contribution in [2.45, 2.75) is 25.6 Å². The molecule has 1 aliphatic heterocycles. The van der Waals surface area contributed by atoms with Crippen molar-refractivity contribution >= 4 is 10.2 Å². The molecular weight excluding hydrogens is 259 g/mol. The number of hydrogen-bond donors (Lipinski definition) is 2. The molecule has 1 fully saturated rings. The van der Waals surface area contributed by atoms with Crippen LogP contribution in [0.3, 0.4) is 0 Å². The van der Waals surface area contributed by atoms with Crippen molar-refractivity contribution in [2.24, 2.45) is 11.7 Å². The van der Waals surface area contributed by atoms with Gasteiger partial charge in [-0.15, -0.1) is 0 Å². The summed E-state index contributed by atoms with van der Waals surface area (Å²) in [5, 5.41) is 0. The molecule has 1 saturated heterocycles. The van der Waals surface area contributed by atoms with Crippen LogP contribution in [0.2, 0.25) is 0 Å². The maximum Gasteiger partial charge on any atom is 0.402 e. The summed E-state index contributed by atoms with van der Waals surface area (Å²) < 4.78 is 61.4. The molecule has 102 valence electrons. The molecule has 17 heavy (non-hydrogen) atoms. The lowest BCUT2D eigenvalue weighted by atomic mass is 9.96. The van der Waals surface area contributed by atoms with E-state index in [9.17, 15) is 21.6 Å². The van der Waals surface area contributed by atoms with E-state index in [-0.39, 0.29) is 25.0 Å². The quantitative estimate of drug-likeness (QED) is 0.764. The zero-order valence-corrected chi connectivity index (χ0v) is 10.2. The van der Waals surface area contributed by atoms with E-state index in [1.807, 2.05) is 0 Å². The second-order valence-corrected chi connectivity index (χ2v) is 5.98. The summed E-state index contributed by atoms with van der Waals surface area (Å²) in [7, 11) is -4.07. The van der Waals surface area contributed by atoms with Crippen LogP contribution in [0.25, 0.3) is 0 Å². The summed E-state index contributed by atoms with van der Waals surface area (Å²) in [6, 6.07) is -0.107. The van der Waals surface area contributed by atoms with Crippen molar-refractivity contribution in [3.8, 4) is 0 Å². The van der Waals surface area contributed by atoms with Crippen molar-refractivity contribution in [3.05, 3.63) is 0 Å². The van der Waals surface area contributed by atoms with Crippen LogP contribution < -0.4 is 10.5 Å². The topological polar surface area (TPSA) is 75.4 Å². The largest absolute Gasteiger partial charge is 0.402 e. The van der Waals surface area contributed by atoms with E-state index in [1.165, 1.54) is 4.72 Å². The summed E-state index contributed by atoms with van der Waals surface area (Å²) in [6.45, 7) is 0.523. The van der Waals surface area contributed by atoms with Crippen molar-refractivity contribution in [3.63, 3.8) is 0 Å². The minimum atomic E-state index is -4.55. The lowest BCUT2D eigenvalue weighted by Crippen LogP contribution is -2.52. The van der Waals surface area contributed by atoms with Gasteiger partial charge in [-0.25, -0.2) is 0 Å². The summed E-state index contributed by atoms with van der Waals surface area (Å²) >= 11 is 0. The van der Waals surface area contributed by atoms with Crippen molar-refractivity contribution in [1.82, 2.24) is 9.03 Å². The third-order valence-corrected chi connectivity index (χ3v) is 4.25. The molecule has 5 nitrogen and oxygen atoms in total. The Kier molecular flexibility index (Phi) is 4.39. The fourth-order valence-corrected chi connectivity index (χ4v) is 2.91. The number of nitrogens with two attached hydrogens (primary N) is 1. The third kappa shape index (κ3) is 4.41. The number of alkyl halides is 3. The minimum Gasteiger partial charge on any atom is -0.327 e. The van der Waals surface area contributed by atoms with Crippen LogP contribution in [0.1, 0.15) is 13.3 Å². The zero-order chi connectivity index (χ0) is 13.3.